The first kappa shape index (κ1) is 14.0. The Balaban J connectivity index is 2.28. The third-order valence-corrected chi connectivity index (χ3v) is 2.99. The molecule has 0 bridgehead atoms. The molecule has 1 N–H and O–H groups in total. The number of hydrogen-bond acceptors (Lipinski definition) is 2. The van der Waals surface area contributed by atoms with Crippen LogP contribution in [0.3, 0.4) is 0 Å². The van der Waals surface area contributed by atoms with Crippen LogP contribution in [0, 0.1) is 5.82 Å². The lowest BCUT2D eigenvalue weighted by Crippen LogP contribution is -2.35. The minimum Gasteiger partial charge on any atom is -0.306 e. The van der Waals surface area contributed by atoms with Gasteiger partial charge in [0.2, 0.25) is 0 Å². The van der Waals surface area contributed by atoms with Crippen LogP contribution in [0.25, 0.3) is 5.69 Å². The maximum atomic E-state index is 13.1. The van der Waals surface area contributed by atoms with Crippen molar-refractivity contribution in [1.82, 2.24) is 14.9 Å². The number of nitrogens with one attached hydrogen (secondary N) is 1. The third-order valence-electron chi connectivity index (χ3n) is 2.68. The van der Waals surface area contributed by atoms with Crippen molar-refractivity contribution < 1.29 is 4.39 Å². The van der Waals surface area contributed by atoms with Crippen molar-refractivity contribution in [3.05, 3.63) is 47.3 Å². The standard InChI is InChI=1S/C14H17ClFN3/c1-14(2,3)18-8-11-7-17-9-19(11)13-5-4-10(16)6-12(13)15/h4-7,9,18H,8H2,1-3H3. The summed E-state index contributed by atoms with van der Waals surface area (Å²) in [5, 5.41) is 3.76. The first-order valence-electron chi connectivity index (χ1n) is 6.08. The predicted octanol–water partition coefficient (Wildman–Crippen LogP) is 3.55. The van der Waals surface area contributed by atoms with Gasteiger partial charge in [-0.2, -0.15) is 0 Å². The Morgan fingerprint density at radius 3 is 2.74 bits per heavy atom. The van der Waals surface area contributed by atoms with E-state index >= 15 is 0 Å². The Hall–Kier alpha value is -1.39. The summed E-state index contributed by atoms with van der Waals surface area (Å²) in [4.78, 5) is 4.13. The molecule has 0 aliphatic heterocycles. The monoisotopic (exact) mass is 281 g/mol. The molecule has 2 rings (SSSR count). The first-order chi connectivity index (χ1) is 8.87. The first-order valence-corrected chi connectivity index (χ1v) is 6.46. The number of nitrogens with zero attached hydrogens (tertiary/aromatic N) is 2. The Bertz CT molecular complexity index is 572. The van der Waals surface area contributed by atoms with E-state index in [1.807, 2.05) is 4.57 Å². The van der Waals surface area contributed by atoms with Gasteiger partial charge in [0.05, 0.1) is 22.7 Å². The molecule has 19 heavy (non-hydrogen) atoms. The van der Waals surface area contributed by atoms with E-state index in [4.69, 9.17) is 11.6 Å². The molecule has 0 amide bonds. The minimum absolute atomic E-state index is 0.0156. The summed E-state index contributed by atoms with van der Waals surface area (Å²) < 4.78 is 14.9. The summed E-state index contributed by atoms with van der Waals surface area (Å²) in [6, 6.07) is 4.35. The van der Waals surface area contributed by atoms with Gasteiger partial charge < -0.3 is 9.88 Å². The Kier molecular flexibility index (Phi) is 3.92. The van der Waals surface area contributed by atoms with Crippen LogP contribution < -0.4 is 5.32 Å². The van der Waals surface area contributed by atoms with Gasteiger partial charge in [0.15, 0.2) is 0 Å². The summed E-state index contributed by atoms with van der Waals surface area (Å²) in [5.41, 5.74) is 1.72. The zero-order chi connectivity index (χ0) is 14.0. The van der Waals surface area contributed by atoms with E-state index in [0.717, 1.165) is 11.4 Å². The van der Waals surface area contributed by atoms with Crippen LogP contribution in [-0.4, -0.2) is 15.1 Å². The molecule has 0 spiro atoms. The van der Waals surface area contributed by atoms with Gasteiger partial charge in [-0.15, -0.1) is 0 Å². The van der Waals surface area contributed by atoms with Gasteiger partial charge >= 0.3 is 0 Å². The molecule has 1 aromatic carbocycles. The summed E-state index contributed by atoms with van der Waals surface area (Å²) in [7, 11) is 0. The number of imidazole rings is 1. The van der Waals surface area contributed by atoms with E-state index in [0.29, 0.717) is 11.6 Å². The lowest BCUT2D eigenvalue weighted by atomic mass is 10.1. The second kappa shape index (κ2) is 5.31. The van der Waals surface area contributed by atoms with Crippen molar-refractivity contribution in [3.8, 4) is 5.69 Å². The smallest absolute Gasteiger partial charge is 0.124 e. The lowest BCUT2D eigenvalue weighted by Gasteiger charge is -2.21. The number of aromatic nitrogens is 2. The molecule has 0 radical (unpaired) electrons. The van der Waals surface area contributed by atoms with E-state index in [9.17, 15) is 4.39 Å². The van der Waals surface area contributed by atoms with Crippen LogP contribution in [-0.2, 0) is 6.54 Å². The van der Waals surface area contributed by atoms with E-state index in [1.54, 1.807) is 18.6 Å². The third kappa shape index (κ3) is 3.55. The average Bonchev–Trinajstić information content (AvgIpc) is 2.73. The van der Waals surface area contributed by atoms with Crippen LogP contribution in [0.1, 0.15) is 26.5 Å². The van der Waals surface area contributed by atoms with Gasteiger partial charge in [-0.05, 0) is 39.0 Å². The lowest BCUT2D eigenvalue weighted by molar-refractivity contribution is 0.419. The minimum atomic E-state index is -0.344. The van der Waals surface area contributed by atoms with Gasteiger partial charge in [-0.25, -0.2) is 9.37 Å². The molecule has 3 nitrogen and oxygen atoms in total. The largest absolute Gasteiger partial charge is 0.306 e. The van der Waals surface area contributed by atoms with Crippen molar-refractivity contribution in [3.63, 3.8) is 0 Å². The van der Waals surface area contributed by atoms with Crippen LogP contribution in [0.5, 0.6) is 0 Å². The molecule has 5 heteroatoms. The summed E-state index contributed by atoms with van der Waals surface area (Å²) in [6.45, 7) is 6.95. The summed E-state index contributed by atoms with van der Waals surface area (Å²) >= 11 is 6.07. The summed E-state index contributed by atoms with van der Waals surface area (Å²) in [6.07, 6.45) is 3.46. The van der Waals surface area contributed by atoms with E-state index < -0.39 is 0 Å². The normalized spacial score (nSPS) is 11.8. The fourth-order valence-electron chi connectivity index (χ4n) is 1.70. The molecule has 0 aliphatic rings. The molecule has 102 valence electrons. The SMILES string of the molecule is CC(C)(C)NCc1cncn1-c1ccc(F)cc1Cl. The fraction of sp³-hybridized carbons (Fsp3) is 0.357. The van der Waals surface area contributed by atoms with Crippen LogP contribution in [0.4, 0.5) is 4.39 Å². The summed E-state index contributed by atoms with van der Waals surface area (Å²) in [5.74, 6) is -0.344. The maximum absolute atomic E-state index is 13.1. The van der Waals surface area contributed by atoms with Gasteiger partial charge in [0.1, 0.15) is 5.82 Å². The molecular formula is C14H17ClFN3. The molecule has 1 aromatic heterocycles. The molecule has 0 saturated carbocycles. The highest BCUT2D eigenvalue weighted by molar-refractivity contribution is 6.32. The fourth-order valence-corrected chi connectivity index (χ4v) is 1.96. The second-order valence-corrected chi connectivity index (χ2v) is 5.86. The highest BCUT2D eigenvalue weighted by Gasteiger charge is 2.12. The number of rotatable bonds is 3. The number of benzene rings is 1. The van der Waals surface area contributed by atoms with E-state index in [1.165, 1.54) is 12.1 Å². The van der Waals surface area contributed by atoms with Gasteiger partial charge in [0.25, 0.3) is 0 Å². The maximum Gasteiger partial charge on any atom is 0.124 e. The van der Waals surface area contributed by atoms with Crippen molar-refractivity contribution in [1.29, 1.82) is 0 Å². The van der Waals surface area contributed by atoms with Gasteiger partial charge in [-0.1, -0.05) is 11.6 Å². The van der Waals surface area contributed by atoms with Crippen molar-refractivity contribution in [2.45, 2.75) is 32.9 Å². The topological polar surface area (TPSA) is 29.9 Å². The van der Waals surface area contributed by atoms with E-state index in [2.05, 4.69) is 31.1 Å². The quantitative estimate of drug-likeness (QED) is 0.932. The average molecular weight is 282 g/mol. The van der Waals surface area contributed by atoms with Crippen molar-refractivity contribution in [2.75, 3.05) is 0 Å². The predicted molar refractivity (Wildman–Crippen MR) is 75.1 cm³/mol. The molecule has 0 fully saturated rings. The van der Waals surface area contributed by atoms with E-state index in [-0.39, 0.29) is 11.4 Å². The van der Waals surface area contributed by atoms with Crippen molar-refractivity contribution in [2.24, 2.45) is 0 Å². The zero-order valence-electron chi connectivity index (χ0n) is 11.2. The molecule has 1 heterocycles. The number of hydrogen-bond donors (Lipinski definition) is 1. The Morgan fingerprint density at radius 1 is 1.37 bits per heavy atom. The molecule has 0 atom stereocenters. The molecular weight excluding hydrogens is 265 g/mol. The van der Waals surface area contributed by atoms with Crippen LogP contribution in [0.15, 0.2) is 30.7 Å². The molecule has 0 saturated heterocycles. The molecule has 0 aliphatic carbocycles. The molecule has 0 unspecified atom stereocenters. The van der Waals surface area contributed by atoms with Crippen LogP contribution in [0.2, 0.25) is 5.02 Å². The van der Waals surface area contributed by atoms with Crippen LogP contribution >= 0.6 is 11.6 Å². The Morgan fingerprint density at radius 2 is 2.11 bits per heavy atom. The Labute approximate surface area is 117 Å². The highest BCUT2D eigenvalue weighted by atomic mass is 35.5. The van der Waals surface area contributed by atoms with Gasteiger partial charge in [-0.3, -0.25) is 0 Å². The molecule has 2 aromatic rings. The number of halogens is 2. The zero-order valence-corrected chi connectivity index (χ0v) is 12.0. The highest BCUT2D eigenvalue weighted by Crippen LogP contribution is 2.22. The van der Waals surface area contributed by atoms with Crippen molar-refractivity contribution >= 4 is 11.6 Å². The van der Waals surface area contributed by atoms with Gasteiger partial charge in [0, 0.05) is 18.3 Å². The second-order valence-electron chi connectivity index (χ2n) is 5.45.